The predicted molar refractivity (Wildman–Crippen MR) is 44.0 cm³/mol. The van der Waals surface area contributed by atoms with Crippen LogP contribution in [0, 0.1) is 5.92 Å². The number of nitrogens with one attached hydrogen (secondary N) is 1. The van der Waals surface area contributed by atoms with Gasteiger partial charge >= 0.3 is 0 Å². The van der Waals surface area contributed by atoms with Crippen LogP contribution in [0.5, 0.6) is 0 Å². The molecule has 1 saturated carbocycles. The molecule has 1 aromatic rings. The molecule has 1 aliphatic carbocycles. The van der Waals surface area contributed by atoms with Crippen molar-refractivity contribution in [2.45, 2.75) is 25.7 Å². The van der Waals surface area contributed by atoms with Crippen LogP contribution in [0.3, 0.4) is 0 Å². The van der Waals surface area contributed by atoms with Gasteiger partial charge in [0.1, 0.15) is 5.82 Å². The molecule has 1 fully saturated rings. The first-order chi connectivity index (χ1) is 5.34. The van der Waals surface area contributed by atoms with Crippen LogP contribution in [0.25, 0.3) is 0 Å². The number of nitrogens with two attached hydrogens (primary N) is 1. The SMILES string of the molecule is Nc1cc(CCC2CC2)[nH]n1. The lowest BCUT2D eigenvalue weighted by molar-refractivity contribution is 0.711. The molecule has 0 amide bonds. The molecular formula is C8H13N3. The third-order valence-corrected chi connectivity index (χ3v) is 2.17. The Morgan fingerprint density at radius 1 is 1.64 bits per heavy atom. The zero-order valence-electron chi connectivity index (χ0n) is 6.51. The summed E-state index contributed by atoms with van der Waals surface area (Å²) >= 11 is 0. The van der Waals surface area contributed by atoms with E-state index in [4.69, 9.17) is 5.73 Å². The highest BCUT2D eigenvalue weighted by Crippen LogP contribution is 2.33. The lowest BCUT2D eigenvalue weighted by Gasteiger charge is -1.92. The number of aryl methyl sites for hydroxylation is 1. The molecule has 1 aliphatic rings. The number of hydrogen-bond acceptors (Lipinski definition) is 2. The molecule has 0 saturated heterocycles. The van der Waals surface area contributed by atoms with Gasteiger partial charge in [-0.1, -0.05) is 12.8 Å². The minimum absolute atomic E-state index is 0.607. The van der Waals surface area contributed by atoms with Crippen LogP contribution < -0.4 is 5.73 Å². The molecule has 0 radical (unpaired) electrons. The Kier molecular flexibility index (Phi) is 1.56. The lowest BCUT2D eigenvalue weighted by atomic mass is 10.2. The van der Waals surface area contributed by atoms with Gasteiger partial charge in [0.15, 0.2) is 0 Å². The van der Waals surface area contributed by atoms with Crippen LogP contribution in [0.2, 0.25) is 0 Å². The fourth-order valence-corrected chi connectivity index (χ4v) is 1.27. The van der Waals surface area contributed by atoms with Gasteiger partial charge in [0, 0.05) is 11.8 Å². The van der Waals surface area contributed by atoms with Crippen LogP contribution in [-0.2, 0) is 6.42 Å². The van der Waals surface area contributed by atoms with E-state index >= 15 is 0 Å². The first-order valence-corrected chi connectivity index (χ1v) is 4.14. The number of rotatable bonds is 3. The van der Waals surface area contributed by atoms with E-state index in [1.165, 1.54) is 25.0 Å². The van der Waals surface area contributed by atoms with Crippen molar-refractivity contribution >= 4 is 5.82 Å². The smallest absolute Gasteiger partial charge is 0.145 e. The molecule has 0 atom stereocenters. The predicted octanol–water partition coefficient (Wildman–Crippen LogP) is 1.33. The summed E-state index contributed by atoms with van der Waals surface area (Å²) in [6.45, 7) is 0. The van der Waals surface area contributed by atoms with Crippen molar-refractivity contribution in [3.05, 3.63) is 11.8 Å². The largest absolute Gasteiger partial charge is 0.382 e. The van der Waals surface area contributed by atoms with Crippen LogP contribution >= 0.6 is 0 Å². The maximum Gasteiger partial charge on any atom is 0.145 e. The van der Waals surface area contributed by atoms with Crippen molar-refractivity contribution < 1.29 is 0 Å². The Balaban J connectivity index is 1.85. The molecule has 3 N–H and O–H groups in total. The minimum atomic E-state index is 0.607. The number of anilines is 1. The van der Waals surface area contributed by atoms with Gasteiger partial charge < -0.3 is 5.73 Å². The maximum atomic E-state index is 5.46. The van der Waals surface area contributed by atoms with E-state index in [9.17, 15) is 0 Å². The number of hydrogen-bond donors (Lipinski definition) is 2. The van der Waals surface area contributed by atoms with Gasteiger partial charge in [0.25, 0.3) is 0 Å². The number of aromatic nitrogens is 2. The van der Waals surface area contributed by atoms with Gasteiger partial charge in [-0.15, -0.1) is 0 Å². The number of nitrogen functional groups attached to an aromatic ring is 1. The summed E-state index contributed by atoms with van der Waals surface area (Å²) < 4.78 is 0. The molecule has 11 heavy (non-hydrogen) atoms. The lowest BCUT2D eigenvalue weighted by Crippen LogP contribution is -1.86. The first-order valence-electron chi connectivity index (χ1n) is 4.14. The third kappa shape index (κ3) is 1.73. The van der Waals surface area contributed by atoms with Crippen molar-refractivity contribution in [1.82, 2.24) is 10.2 Å². The number of nitrogens with zero attached hydrogens (tertiary/aromatic N) is 1. The summed E-state index contributed by atoms with van der Waals surface area (Å²) in [6.07, 6.45) is 5.24. The standard InChI is InChI=1S/C8H13N3/c9-8-5-7(10-11-8)4-3-6-1-2-6/h5-6H,1-4H2,(H3,9,10,11). The van der Waals surface area contributed by atoms with Gasteiger partial charge in [-0.2, -0.15) is 5.10 Å². The minimum Gasteiger partial charge on any atom is -0.382 e. The molecule has 0 aliphatic heterocycles. The second-order valence-corrected chi connectivity index (χ2v) is 3.30. The second kappa shape index (κ2) is 2.57. The maximum absolute atomic E-state index is 5.46. The Hall–Kier alpha value is -0.990. The molecule has 3 heteroatoms. The average molecular weight is 151 g/mol. The van der Waals surface area contributed by atoms with Crippen molar-refractivity contribution in [3.8, 4) is 0 Å². The fraction of sp³-hybridized carbons (Fsp3) is 0.625. The molecule has 0 bridgehead atoms. The van der Waals surface area contributed by atoms with E-state index in [1.807, 2.05) is 6.07 Å². The summed E-state index contributed by atoms with van der Waals surface area (Å²) in [5, 5.41) is 6.78. The normalized spacial score (nSPS) is 17.1. The zero-order valence-corrected chi connectivity index (χ0v) is 6.51. The number of H-pyrrole nitrogens is 1. The van der Waals surface area contributed by atoms with Crippen LogP contribution in [0.4, 0.5) is 5.82 Å². The summed E-state index contributed by atoms with van der Waals surface area (Å²) in [5.74, 6) is 1.59. The van der Waals surface area contributed by atoms with Crippen molar-refractivity contribution in [3.63, 3.8) is 0 Å². The van der Waals surface area contributed by atoms with Crippen LogP contribution in [0.15, 0.2) is 6.07 Å². The summed E-state index contributed by atoms with van der Waals surface area (Å²) in [4.78, 5) is 0. The van der Waals surface area contributed by atoms with Gasteiger partial charge in [-0.05, 0) is 18.8 Å². The van der Waals surface area contributed by atoms with E-state index < -0.39 is 0 Å². The molecule has 2 rings (SSSR count). The molecule has 1 aromatic heterocycles. The molecule has 3 nitrogen and oxygen atoms in total. The zero-order chi connectivity index (χ0) is 7.68. The van der Waals surface area contributed by atoms with Gasteiger partial charge in [-0.25, -0.2) is 0 Å². The van der Waals surface area contributed by atoms with E-state index in [1.54, 1.807) is 0 Å². The van der Waals surface area contributed by atoms with E-state index in [0.29, 0.717) is 5.82 Å². The molecule has 60 valence electrons. The average Bonchev–Trinajstić information content (AvgIpc) is 2.72. The fourth-order valence-electron chi connectivity index (χ4n) is 1.27. The van der Waals surface area contributed by atoms with E-state index in [0.717, 1.165) is 12.3 Å². The highest BCUT2D eigenvalue weighted by molar-refractivity contribution is 5.28. The number of aromatic amines is 1. The Morgan fingerprint density at radius 2 is 2.45 bits per heavy atom. The third-order valence-electron chi connectivity index (χ3n) is 2.17. The van der Waals surface area contributed by atoms with Crippen molar-refractivity contribution in [2.24, 2.45) is 5.92 Å². The molecular weight excluding hydrogens is 138 g/mol. The van der Waals surface area contributed by atoms with E-state index in [2.05, 4.69) is 10.2 Å². The topological polar surface area (TPSA) is 54.7 Å². The van der Waals surface area contributed by atoms with Gasteiger partial charge in [-0.3, -0.25) is 5.10 Å². The Bertz CT molecular complexity index is 237. The quantitative estimate of drug-likeness (QED) is 0.684. The molecule has 0 aromatic carbocycles. The highest BCUT2D eigenvalue weighted by Gasteiger charge is 2.20. The second-order valence-electron chi connectivity index (χ2n) is 3.30. The van der Waals surface area contributed by atoms with Crippen LogP contribution in [0.1, 0.15) is 25.0 Å². The Morgan fingerprint density at radius 3 is 3.00 bits per heavy atom. The van der Waals surface area contributed by atoms with Crippen molar-refractivity contribution in [1.29, 1.82) is 0 Å². The monoisotopic (exact) mass is 151 g/mol. The van der Waals surface area contributed by atoms with Gasteiger partial charge in [0.2, 0.25) is 0 Å². The highest BCUT2D eigenvalue weighted by atomic mass is 15.1. The first kappa shape index (κ1) is 6.70. The summed E-state index contributed by atoms with van der Waals surface area (Å²) in [5.41, 5.74) is 6.63. The molecule has 0 spiro atoms. The van der Waals surface area contributed by atoms with Crippen molar-refractivity contribution in [2.75, 3.05) is 5.73 Å². The summed E-state index contributed by atoms with van der Waals surface area (Å²) in [7, 11) is 0. The Labute approximate surface area is 66.0 Å². The van der Waals surface area contributed by atoms with E-state index in [-0.39, 0.29) is 0 Å². The van der Waals surface area contributed by atoms with Gasteiger partial charge in [0.05, 0.1) is 0 Å². The summed E-state index contributed by atoms with van der Waals surface area (Å²) in [6, 6.07) is 1.92. The molecule has 0 unspecified atom stereocenters. The molecule has 1 heterocycles. The van der Waals surface area contributed by atoms with Crippen LogP contribution in [-0.4, -0.2) is 10.2 Å².